The molecule has 0 radical (unpaired) electrons. The van der Waals surface area contributed by atoms with Crippen LogP contribution in [0.25, 0.3) is 0 Å². The van der Waals surface area contributed by atoms with E-state index in [0.717, 1.165) is 13.0 Å². The third kappa shape index (κ3) is 8.89. The lowest BCUT2D eigenvalue weighted by molar-refractivity contribution is -0.131. The van der Waals surface area contributed by atoms with Gasteiger partial charge in [0, 0.05) is 32.7 Å². The standard InChI is InChI=1S/C13H26N2O2/c1-5-9-15(10-11-17-4)13(16)7-6-8-14-12(2)3/h5,12,14H,1,6-11H2,2-4H3. The van der Waals surface area contributed by atoms with Crippen molar-refractivity contribution in [1.29, 1.82) is 0 Å². The van der Waals surface area contributed by atoms with E-state index >= 15 is 0 Å². The van der Waals surface area contributed by atoms with E-state index in [9.17, 15) is 4.79 Å². The minimum absolute atomic E-state index is 0.174. The summed E-state index contributed by atoms with van der Waals surface area (Å²) in [6, 6.07) is 0.475. The number of methoxy groups -OCH3 is 1. The highest BCUT2D eigenvalue weighted by molar-refractivity contribution is 5.76. The van der Waals surface area contributed by atoms with Crippen LogP contribution in [0.4, 0.5) is 0 Å². The first kappa shape index (κ1) is 16.1. The van der Waals surface area contributed by atoms with Crippen molar-refractivity contribution in [2.45, 2.75) is 32.7 Å². The maximum atomic E-state index is 11.9. The molecule has 0 aliphatic carbocycles. The molecule has 0 unspecified atom stereocenters. The van der Waals surface area contributed by atoms with E-state index in [-0.39, 0.29) is 5.91 Å². The van der Waals surface area contributed by atoms with E-state index in [0.29, 0.717) is 32.2 Å². The number of nitrogens with one attached hydrogen (secondary N) is 1. The van der Waals surface area contributed by atoms with Gasteiger partial charge in [0.2, 0.25) is 5.91 Å². The second kappa shape index (κ2) is 10.3. The van der Waals surface area contributed by atoms with Crippen LogP contribution in [0.2, 0.25) is 0 Å². The Hall–Kier alpha value is -0.870. The molecule has 0 aliphatic heterocycles. The summed E-state index contributed by atoms with van der Waals surface area (Å²) in [6.07, 6.45) is 3.20. The lowest BCUT2D eigenvalue weighted by Gasteiger charge is -2.20. The summed E-state index contributed by atoms with van der Waals surface area (Å²) in [5.74, 6) is 0.174. The van der Waals surface area contributed by atoms with Gasteiger partial charge in [-0.05, 0) is 13.0 Å². The number of carbonyl (C=O) groups is 1. The summed E-state index contributed by atoms with van der Waals surface area (Å²) >= 11 is 0. The Bertz CT molecular complexity index is 217. The molecule has 4 heteroatoms. The van der Waals surface area contributed by atoms with Crippen LogP contribution in [0.1, 0.15) is 26.7 Å². The maximum absolute atomic E-state index is 11.9. The van der Waals surface area contributed by atoms with Gasteiger partial charge in [0.05, 0.1) is 6.61 Å². The summed E-state index contributed by atoms with van der Waals surface area (Å²) in [7, 11) is 1.64. The van der Waals surface area contributed by atoms with Gasteiger partial charge in [-0.2, -0.15) is 0 Å². The summed E-state index contributed by atoms with van der Waals surface area (Å²) < 4.78 is 4.99. The molecular formula is C13H26N2O2. The third-order valence-corrected chi connectivity index (χ3v) is 2.39. The van der Waals surface area contributed by atoms with Crippen LogP contribution in [0.15, 0.2) is 12.7 Å². The van der Waals surface area contributed by atoms with Crippen LogP contribution >= 0.6 is 0 Å². The largest absolute Gasteiger partial charge is 0.383 e. The highest BCUT2D eigenvalue weighted by Crippen LogP contribution is 1.98. The third-order valence-electron chi connectivity index (χ3n) is 2.39. The monoisotopic (exact) mass is 242 g/mol. The zero-order valence-electron chi connectivity index (χ0n) is 11.4. The Kier molecular flexibility index (Phi) is 9.77. The molecule has 0 saturated heterocycles. The maximum Gasteiger partial charge on any atom is 0.222 e. The quantitative estimate of drug-likeness (QED) is 0.465. The Morgan fingerprint density at radius 1 is 1.53 bits per heavy atom. The fraction of sp³-hybridized carbons (Fsp3) is 0.769. The lowest BCUT2D eigenvalue weighted by atomic mass is 10.2. The van der Waals surface area contributed by atoms with Crippen LogP contribution in [0, 0.1) is 0 Å². The van der Waals surface area contributed by atoms with Crippen LogP contribution in [0.3, 0.4) is 0 Å². The average molecular weight is 242 g/mol. The average Bonchev–Trinajstić information content (AvgIpc) is 2.29. The van der Waals surface area contributed by atoms with Crippen molar-refractivity contribution in [3.63, 3.8) is 0 Å². The van der Waals surface area contributed by atoms with E-state index < -0.39 is 0 Å². The van der Waals surface area contributed by atoms with E-state index in [1.54, 1.807) is 18.1 Å². The van der Waals surface area contributed by atoms with Crippen molar-refractivity contribution >= 4 is 5.91 Å². The van der Waals surface area contributed by atoms with Crippen LogP contribution in [0.5, 0.6) is 0 Å². The molecule has 0 aromatic heterocycles. The Labute approximate surface area is 105 Å². The highest BCUT2D eigenvalue weighted by Gasteiger charge is 2.10. The molecule has 0 aliphatic rings. The lowest BCUT2D eigenvalue weighted by Crippen LogP contribution is -2.34. The van der Waals surface area contributed by atoms with E-state index in [2.05, 4.69) is 25.7 Å². The van der Waals surface area contributed by atoms with Crippen molar-refractivity contribution in [2.24, 2.45) is 0 Å². The fourth-order valence-corrected chi connectivity index (χ4v) is 1.46. The SMILES string of the molecule is C=CCN(CCOC)C(=O)CCCNC(C)C. The zero-order valence-corrected chi connectivity index (χ0v) is 11.4. The predicted octanol–water partition coefficient (Wildman–Crippen LogP) is 1.43. The van der Waals surface area contributed by atoms with Crippen LogP contribution < -0.4 is 5.32 Å². The number of amides is 1. The van der Waals surface area contributed by atoms with Gasteiger partial charge in [-0.3, -0.25) is 4.79 Å². The van der Waals surface area contributed by atoms with Gasteiger partial charge in [-0.25, -0.2) is 0 Å². The molecule has 0 aromatic rings. The zero-order chi connectivity index (χ0) is 13.1. The molecule has 1 amide bonds. The first-order valence-electron chi connectivity index (χ1n) is 6.22. The van der Waals surface area contributed by atoms with Crippen LogP contribution in [-0.4, -0.2) is 50.2 Å². The smallest absolute Gasteiger partial charge is 0.222 e. The van der Waals surface area contributed by atoms with E-state index in [4.69, 9.17) is 4.74 Å². The van der Waals surface area contributed by atoms with Crippen LogP contribution in [-0.2, 0) is 9.53 Å². The molecule has 0 fully saturated rings. The summed E-state index contributed by atoms with van der Waals surface area (Å²) in [5.41, 5.74) is 0. The van der Waals surface area contributed by atoms with Crippen molar-refractivity contribution in [2.75, 3.05) is 33.4 Å². The Balaban J connectivity index is 3.83. The molecule has 0 heterocycles. The molecular weight excluding hydrogens is 216 g/mol. The predicted molar refractivity (Wildman–Crippen MR) is 71.0 cm³/mol. The Morgan fingerprint density at radius 2 is 2.24 bits per heavy atom. The molecule has 0 spiro atoms. The molecule has 17 heavy (non-hydrogen) atoms. The number of ether oxygens (including phenoxy) is 1. The van der Waals surface area contributed by atoms with Gasteiger partial charge in [0.15, 0.2) is 0 Å². The van der Waals surface area contributed by atoms with Gasteiger partial charge in [0.1, 0.15) is 0 Å². The molecule has 100 valence electrons. The van der Waals surface area contributed by atoms with E-state index in [1.165, 1.54) is 0 Å². The number of nitrogens with zero attached hydrogens (tertiary/aromatic N) is 1. The van der Waals surface area contributed by atoms with Gasteiger partial charge in [0.25, 0.3) is 0 Å². The summed E-state index contributed by atoms with van der Waals surface area (Å²) in [6.45, 7) is 10.6. The van der Waals surface area contributed by atoms with Gasteiger partial charge < -0.3 is 15.0 Å². The molecule has 1 N–H and O–H groups in total. The first-order chi connectivity index (χ1) is 8.11. The number of rotatable bonds is 10. The number of hydrogen-bond donors (Lipinski definition) is 1. The minimum atomic E-state index is 0.174. The minimum Gasteiger partial charge on any atom is -0.383 e. The van der Waals surface area contributed by atoms with Crippen molar-refractivity contribution in [3.05, 3.63) is 12.7 Å². The van der Waals surface area contributed by atoms with Crippen molar-refractivity contribution < 1.29 is 9.53 Å². The second-order valence-electron chi connectivity index (χ2n) is 4.33. The molecule has 0 atom stereocenters. The number of hydrogen-bond acceptors (Lipinski definition) is 3. The summed E-state index contributed by atoms with van der Waals surface area (Å²) in [5, 5.41) is 3.30. The highest BCUT2D eigenvalue weighted by atomic mass is 16.5. The second-order valence-corrected chi connectivity index (χ2v) is 4.33. The van der Waals surface area contributed by atoms with E-state index in [1.807, 2.05) is 0 Å². The topological polar surface area (TPSA) is 41.6 Å². The summed E-state index contributed by atoms with van der Waals surface area (Å²) in [4.78, 5) is 13.7. The molecule has 4 nitrogen and oxygen atoms in total. The van der Waals surface area contributed by atoms with Gasteiger partial charge in [-0.1, -0.05) is 19.9 Å². The molecule has 0 bridgehead atoms. The molecule has 0 aromatic carbocycles. The normalized spacial score (nSPS) is 10.6. The number of carbonyl (C=O) groups excluding carboxylic acids is 1. The fourth-order valence-electron chi connectivity index (χ4n) is 1.46. The first-order valence-corrected chi connectivity index (χ1v) is 6.22. The van der Waals surface area contributed by atoms with Gasteiger partial charge in [-0.15, -0.1) is 6.58 Å². The van der Waals surface area contributed by atoms with Gasteiger partial charge >= 0.3 is 0 Å². The van der Waals surface area contributed by atoms with Crippen molar-refractivity contribution in [3.8, 4) is 0 Å². The molecule has 0 saturated carbocycles. The van der Waals surface area contributed by atoms with Crippen molar-refractivity contribution in [1.82, 2.24) is 10.2 Å². The molecule has 0 rings (SSSR count). The Morgan fingerprint density at radius 3 is 2.76 bits per heavy atom.